The summed E-state index contributed by atoms with van der Waals surface area (Å²) in [7, 11) is -2.27. The summed E-state index contributed by atoms with van der Waals surface area (Å²) >= 11 is 3.37. The van der Waals surface area contributed by atoms with E-state index in [1.165, 1.54) is 0 Å². The molecule has 3 N–H and O–H groups in total. The molecule has 0 aromatic rings. The molecule has 0 spiro atoms. The molecule has 0 bridgehead atoms. The molecule has 0 aliphatic carbocycles. The van der Waals surface area contributed by atoms with Gasteiger partial charge < -0.3 is 24.4 Å². The molecule has 6 nitrogen and oxygen atoms in total. The predicted molar refractivity (Wildman–Crippen MR) is 86.4 cm³/mol. The van der Waals surface area contributed by atoms with Crippen molar-refractivity contribution in [2.24, 2.45) is 0 Å². The van der Waals surface area contributed by atoms with E-state index in [1.807, 2.05) is 14.8 Å². The van der Waals surface area contributed by atoms with Crippen molar-refractivity contribution in [2.45, 2.75) is 74.5 Å². The summed E-state index contributed by atoms with van der Waals surface area (Å²) in [5.41, 5.74) is -0.956. The van der Waals surface area contributed by atoms with Gasteiger partial charge in [0.1, 0.15) is 7.85 Å². The second kappa shape index (κ2) is 7.43. The monoisotopic (exact) mass is 386 g/mol. The summed E-state index contributed by atoms with van der Waals surface area (Å²) in [5.74, 6) is -1.40. The molecule has 124 valence electrons. The van der Waals surface area contributed by atoms with Crippen LogP contribution in [0.4, 0.5) is 0 Å². The Balaban J connectivity index is 2.79. The standard InChI is InChI=1S/C12H25BBrO6P/c1-4-8(15)21(17,18)20-12(3,5-2)6-7-10(16)9(14)11(13)19-7/h7-11,15-16H,4-6,13H2,1-3H3,(H,17,18)/t7-,8?,9-,10-,11-,12?/m1/s1. The Labute approximate surface area is 135 Å². The van der Waals surface area contributed by atoms with E-state index in [0.717, 1.165) is 0 Å². The number of alkyl halides is 1. The van der Waals surface area contributed by atoms with Crippen LogP contribution in [0.1, 0.15) is 40.0 Å². The van der Waals surface area contributed by atoms with Crippen LogP contribution in [0.25, 0.3) is 0 Å². The average Bonchev–Trinajstić information content (AvgIpc) is 2.64. The lowest BCUT2D eigenvalue weighted by atomic mass is 9.91. The summed E-state index contributed by atoms with van der Waals surface area (Å²) in [6.45, 7) is 5.14. The molecule has 1 saturated heterocycles. The maximum absolute atomic E-state index is 12.1. The first-order chi connectivity index (χ1) is 9.56. The number of hydrogen-bond donors (Lipinski definition) is 3. The minimum atomic E-state index is -4.12. The third-order valence-electron chi connectivity index (χ3n) is 4.02. The van der Waals surface area contributed by atoms with Crippen molar-refractivity contribution in [3.8, 4) is 0 Å². The molecule has 0 amide bonds. The van der Waals surface area contributed by atoms with E-state index >= 15 is 0 Å². The fourth-order valence-electron chi connectivity index (χ4n) is 2.36. The Kier molecular flexibility index (Phi) is 6.94. The molecule has 1 rings (SSSR count). The molecule has 1 aliphatic heterocycles. The maximum atomic E-state index is 12.1. The van der Waals surface area contributed by atoms with Gasteiger partial charge in [-0.1, -0.05) is 29.8 Å². The third kappa shape index (κ3) is 4.77. The molecule has 0 aromatic carbocycles. The van der Waals surface area contributed by atoms with Crippen LogP contribution < -0.4 is 0 Å². The largest absolute Gasteiger partial charge is 0.389 e. The summed E-state index contributed by atoms with van der Waals surface area (Å²) < 4.78 is 23.1. The number of halogens is 1. The van der Waals surface area contributed by atoms with E-state index in [4.69, 9.17) is 9.26 Å². The first-order valence-electron chi connectivity index (χ1n) is 7.25. The molecular formula is C12H25BBrO6P. The van der Waals surface area contributed by atoms with Crippen molar-refractivity contribution >= 4 is 31.4 Å². The minimum Gasteiger partial charge on any atom is -0.389 e. The zero-order chi connectivity index (χ0) is 16.4. The molecule has 0 saturated carbocycles. The molecule has 9 heteroatoms. The van der Waals surface area contributed by atoms with Crippen LogP contribution in [0.15, 0.2) is 0 Å². The minimum absolute atomic E-state index is 0.136. The summed E-state index contributed by atoms with van der Waals surface area (Å²) in [6.07, 6.45) is -0.312. The van der Waals surface area contributed by atoms with Crippen LogP contribution in [-0.4, -0.2) is 57.4 Å². The first kappa shape index (κ1) is 19.6. The fraction of sp³-hybridized carbons (Fsp3) is 1.00. The van der Waals surface area contributed by atoms with Crippen LogP contribution in [0.3, 0.4) is 0 Å². The van der Waals surface area contributed by atoms with Crippen molar-refractivity contribution in [3.63, 3.8) is 0 Å². The van der Waals surface area contributed by atoms with E-state index in [-0.39, 0.29) is 23.7 Å². The molecule has 1 heterocycles. The van der Waals surface area contributed by atoms with Gasteiger partial charge in [0.15, 0.2) is 5.85 Å². The Morgan fingerprint density at radius 1 is 1.52 bits per heavy atom. The Bertz CT molecular complexity index is 400. The molecule has 21 heavy (non-hydrogen) atoms. The van der Waals surface area contributed by atoms with E-state index in [1.54, 1.807) is 13.8 Å². The van der Waals surface area contributed by atoms with Gasteiger partial charge in [-0.3, -0.25) is 4.57 Å². The fourth-order valence-corrected chi connectivity index (χ4v) is 4.25. The number of ether oxygens (including phenoxy) is 1. The Morgan fingerprint density at radius 3 is 2.48 bits per heavy atom. The van der Waals surface area contributed by atoms with Crippen molar-refractivity contribution < 1.29 is 28.9 Å². The van der Waals surface area contributed by atoms with Crippen molar-refractivity contribution in [3.05, 3.63) is 0 Å². The van der Waals surface area contributed by atoms with Gasteiger partial charge in [0.25, 0.3) is 0 Å². The highest BCUT2D eigenvalue weighted by atomic mass is 79.9. The summed E-state index contributed by atoms with van der Waals surface area (Å²) in [4.78, 5) is 9.69. The first-order valence-corrected chi connectivity index (χ1v) is 9.81. The Morgan fingerprint density at radius 2 is 2.10 bits per heavy atom. The van der Waals surface area contributed by atoms with Crippen LogP contribution >= 0.6 is 23.5 Å². The summed E-state index contributed by atoms with van der Waals surface area (Å²) in [6, 6.07) is -0.145. The van der Waals surface area contributed by atoms with Crippen molar-refractivity contribution in [2.75, 3.05) is 0 Å². The summed E-state index contributed by atoms with van der Waals surface area (Å²) in [5, 5.41) is 19.7. The average molecular weight is 387 g/mol. The second-order valence-corrected chi connectivity index (χ2v) is 8.83. The molecule has 1 aliphatic rings. The van der Waals surface area contributed by atoms with Crippen LogP contribution in [-0.2, 0) is 13.8 Å². The smallest absolute Gasteiger partial charge is 0.356 e. The van der Waals surface area contributed by atoms with Gasteiger partial charge in [-0.25, -0.2) is 0 Å². The van der Waals surface area contributed by atoms with Gasteiger partial charge in [0, 0.05) is 12.4 Å². The number of aliphatic hydroxyl groups excluding tert-OH is 2. The van der Waals surface area contributed by atoms with E-state index < -0.39 is 31.2 Å². The topological polar surface area (TPSA) is 96.2 Å². The molecular weight excluding hydrogens is 362 g/mol. The number of aliphatic hydroxyl groups is 2. The lowest BCUT2D eigenvalue weighted by Crippen LogP contribution is -2.38. The number of hydrogen-bond acceptors (Lipinski definition) is 5. The Hall–Kier alpha value is 0.575. The van der Waals surface area contributed by atoms with E-state index in [9.17, 15) is 19.7 Å². The predicted octanol–water partition coefficient (Wildman–Crippen LogP) is 0.958. The van der Waals surface area contributed by atoms with Gasteiger partial charge in [-0.2, -0.15) is 0 Å². The molecule has 7 atom stereocenters. The quantitative estimate of drug-likeness (QED) is 0.342. The second-order valence-electron chi connectivity index (χ2n) is 5.87. The van der Waals surface area contributed by atoms with Crippen molar-refractivity contribution in [1.82, 2.24) is 0 Å². The lowest BCUT2D eigenvalue weighted by Gasteiger charge is -2.34. The molecule has 1 fully saturated rings. The van der Waals surface area contributed by atoms with Crippen molar-refractivity contribution in [1.29, 1.82) is 0 Å². The zero-order valence-electron chi connectivity index (χ0n) is 12.9. The molecule has 0 aromatic heterocycles. The highest BCUT2D eigenvalue weighted by molar-refractivity contribution is 9.09. The maximum Gasteiger partial charge on any atom is 0.356 e. The third-order valence-corrected chi connectivity index (χ3v) is 7.13. The highest BCUT2D eigenvalue weighted by Crippen LogP contribution is 2.53. The van der Waals surface area contributed by atoms with Crippen LogP contribution in [0.5, 0.6) is 0 Å². The van der Waals surface area contributed by atoms with Gasteiger partial charge in [-0.15, -0.1) is 0 Å². The van der Waals surface area contributed by atoms with Gasteiger partial charge >= 0.3 is 7.60 Å². The normalized spacial score (nSPS) is 36.9. The zero-order valence-corrected chi connectivity index (χ0v) is 15.4. The van der Waals surface area contributed by atoms with Gasteiger partial charge in [0.05, 0.1) is 22.6 Å². The molecule has 0 radical (unpaired) electrons. The van der Waals surface area contributed by atoms with Gasteiger partial charge in [-0.05, 0) is 19.8 Å². The van der Waals surface area contributed by atoms with E-state index in [0.29, 0.717) is 6.42 Å². The number of rotatable bonds is 7. The SMILES string of the molecule is B[C@@H]1O[C@H](CC(C)(CC)OP(=O)(O)C(O)CC)[C@@H](O)[C@H]1Br. The highest BCUT2D eigenvalue weighted by Gasteiger charge is 2.45. The van der Waals surface area contributed by atoms with Crippen LogP contribution in [0, 0.1) is 0 Å². The molecule has 3 unspecified atom stereocenters. The van der Waals surface area contributed by atoms with Gasteiger partial charge in [0.2, 0.25) is 0 Å². The lowest BCUT2D eigenvalue weighted by molar-refractivity contribution is -0.0377. The van der Waals surface area contributed by atoms with Crippen LogP contribution in [0.2, 0.25) is 0 Å². The van der Waals surface area contributed by atoms with E-state index in [2.05, 4.69) is 15.9 Å².